The summed E-state index contributed by atoms with van der Waals surface area (Å²) in [7, 11) is -1.92. The molecule has 0 radical (unpaired) electrons. The summed E-state index contributed by atoms with van der Waals surface area (Å²) in [5.41, 5.74) is 3.44. The summed E-state index contributed by atoms with van der Waals surface area (Å²) < 4.78 is 32.3. The van der Waals surface area contributed by atoms with Crippen LogP contribution in [0.3, 0.4) is 0 Å². The van der Waals surface area contributed by atoms with Gasteiger partial charge >= 0.3 is 0 Å². The van der Waals surface area contributed by atoms with Gasteiger partial charge in [-0.3, -0.25) is 4.79 Å². The number of rotatable bonds is 10. The highest BCUT2D eigenvalue weighted by Gasteiger charge is 2.33. The number of hydrogen-bond acceptors (Lipinski definition) is 6. The summed E-state index contributed by atoms with van der Waals surface area (Å²) in [5.74, 6) is 0.551. The molecule has 0 aromatic heterocycles. The van der Waals surface area contributed by atoms with E-state index in [1.807, 2.05) is 56.3 Å². The average Bonchev–Trinajstić information content (AvgIpc) is 3.46. The van der Waals surface area contributed by atoms with Gasteiger partial charge in [0.05, 0.1) is 30.3 Å². The van der Waals surface area contributed by atoms with Crippen molar-refractivity contribution < 1.29 is 17.9 Å². The second-order valence-corrected chi connectivity index (χ2v) is 11.7. The van der Waals surface area contributed by atoms with E-state index in [2.05, 4.69) is 29.6 Å². The third-order valence-corrected chi connectivity index (χ3v) is 9.45. The maximum atomic E-state index is 13.5. The van der Waals surface area contributed by atoms with E-state index in [0.717, 1.165) is 33.4 Å². The van der Waals surface area contributed by atoms with Crippen molar-refractivity contribution in [2.45, 2.75) is 31.2 Å². The summed E-state index contributed by atoms with van der Waals surface area (Å²) in [5, 5.41) is 11.8. The van der Waals surface area contributed by atoms with Crippen LogP contribution in [0.25, 0.3) is 10.8 Å². The summed E-state index contributed by atoms with van der Waals surface area (Å²) in [4.78, 5) is 13.8. The molecular formula is C32H34N4O4S. The van der Waals surface area contributed by atoms with Crippen molar-refractivity contribution in [2.75, 3.05) is 32.1 Å². The molecule has 0 spiro atoms. The van der Waals surface area contributed by atoms with E-state index in [0.29, 0.717) is 25.2 Å². The van der Waals surface area contributed by atoms with Crippen LogP contribution in [0.1, 0.15) is 37.4 Å². The van der Waals surface area contributed by atoms with Crippen molar-refractivity contribution in [1.29, 1.82) is 0 Å². The van der Waals surface area contributed by atoms with Crippen molar-refractivity contribution in [3.8, 4) is 5.75 Å². The van der Waals surface area contributed by atoms with E-state index in [-0.39, 0.29) is 23.4 Å². The molecule has 0 aliphatic carbocycles. The molecule has 0 unspecified atom stereocenters. The molecule has 4 aromatic rings. The predicted molar refractivity (Wildman–Crippen MR) is 163 cm³/mol. The number of hydrogen-bond donors (Lipinski definition) is 1. The number of nitrogens with zero attached hydrogens (tertiary/aromatic N) is 3. The number of nitrogens with one attached hydrogen (secondary N) is 1. The lowest BCUT2D eigenvalue weighted by Crippen LogP contribution is -2.32. The molecule has 0 fully saturated rings. The van der Waals surface area contributed by atoms with Gasteiger partial charge in [-0.1, -0.05) is 62.4 Å². The Labute approximate surface area is 241 Å². The average molecular weight is 571 g/mol. The number of amides is 1. The number of ether oxygens (including phenoxy) is 1. The number of methoxy groups -OCH3 is 1. The maximum absolute atomic E-state index is 13.5. The van der Waals surface area contributed by atoms with Gasteiger partial charge in [0.15, 0.2) is 0 Å². The first-order valence-corrected chi connectivity index (χ1v) is 15.1. The van der Waals surface area contributed by atoms with Crippen LogP contribution in [-0.4, -0.2) is 56.1 Å². The molecular weight excluding hydrogens is 536 g/mol. The minimum absolute atomic E-state index is 0.00327. The molecule has 1 heterocycles. The minimum atomic E-state index is -3.55. The molecule has 1 N–H and O–H groups in total. The first kappa shape index (κ1) is 28.3. The number of carbonyl (C=O) groups excluding carboxylic acids is 1. The Morgan fingerprint density at radius 2 is 1.63 bits per heavy atom. The molecule has 212 valence electrons. The summed E-state index contributed by atoms with van der Waals surface area (Å²) in [6, 6.07) is 28.3. The molecule has 1 amide bonds. The SMILES string of the molecule is CCN(CC)S(=O)(=O)c1ccc(NCC(=O)N2N=C(c3ccc4ccccc4c3)C[C@@H]2c2ccc(OC)cc2)cc1. The van der Waals surface area contributed by atoms with Gasteiger partial charge in [0.2, 0.25) is 10.0 Å². The van der Waals surface area contributed by atoms with Gasteiger partial charge in [-0.25, -0.2) is 13.4 Å². The number of anilines is 1. The van der Waals surface area contributed by atoms with Crippen molar-refractivity contribution in [2.24, 2.45) is 5.10 Å². The van der Waals surface area contributed by atoms with Crippen LogP contribution in [-0.2, 0) is 14.8 Å². The Hall–Kier alpha value is -4.21. The molecule has 9 heteroatoms. The van der Waals surface area contributed by atoms with Crippen LogP contribution in [0.2, 0.25) is 0 Å². The zero-order chi connectivity index (χ0) is 29.0. The van der Waals surface area contributed by atoms with Crippen LogP contribution in [0, 0.1) is 0 Å². The van der Waals surface area contributed by atoms with Gasteiger partial charge < -0.3 is 10.1 Å². The Kier molecular flexibility index (Phi) is 8.37. The highest BCUT2D eigenvalue weighted by Crippen LogP contribution is 2.34. The second-order valence-electron chi connectivity index (χ2n) is 9.81. The molecule has 1 atom stereocenters. The maximum Gasteiger partial charge on any atom is 0.262 e. The van der Waals surface area contributed by atoms with Crippen LogP contribution >= 0.6 is 0 Å². The van der Waals surface area contributed by atoms with Gasteiger partial charge in [0.25, 0.3) is 5.91 Å². The minimum Gasteiger partial charge on any atom is -0.497 e. The fourth-order valence-electron chi connectivity index (χ4n) is 5.09. The van der Waals surface area contributed by atoms with Crippen LogP contribution < -0.4 is 10.1 Å². The second kappa shape index (κ2) is 12.1. The molecule has 41 heavy (non-hydrogen) atoms. The van der Waals surface area contributed by atoms with Crippen molar-refractivity contribution in [1.82, 2.24) is 9.31 Å². The number of benzene rings is 4. The summed E-state index contributed by atoms with van der Waals surface area (Å²) in [6.45, 7) is 4.44. The lowest BCUT2D eigenvalue weighted by Gasteiger charge is -2.23. The number of fused-ring (bicyclic) bond motifs is 1. The highest BCUT2D eigenvalue weighted by molar-refractivity contribution is 7.89. The van der Waals surface area contributed by atoms with E-state index in [9.17, 15) is 13.2 Å². The Bertz CT molecular complexity index is 1660. The molecule has 4 aromatic carbocycles. The number of carbonyl (C=O) groups is 1. The van der Waals surface area contributed by atoms with Crippen molar-refractivity contribution >= 4 is 38.1 Å². The van der Waals surface area contributed by atoms with Gasteiger partial charge in [0, 0.05) is 25.2 Å². The van der Waals surface area contributed by atoms with Gasteiger partial charge in [-0.05, 0) is 64.4 Å². The lowest BCUT2D eigenvalue weighted by molar-refractivity contribution is -0.131. The van der Waals surface area contributed by atoms with Crippen LogP contribution in [0.4, 0.5) is 5.69 Å². The van der Waals surface area contributed by atoms with E-state index in [1.54, 1.807) is 36.4 Å². The Morgan fingerprint density at radius 3 is 2.29 bits per heavy atom. The van der Waals surface area contributed by atoms with Crippen LogP contribution in [0.15, 0.2) is 101 Å². The standard InChI is InChI=1S/C32H34N4O4S/c1-4-35(5-2)41(38,39)29-18-14-27(15-19-29)33-22-32(37)36-31(24-12-16-28(40-3)17-13-24)21-30(34-36)26-11-10-23-8-6-7-9-25(23)20-26/h6-20,31,33H,4-5,21-22H2,1-3H3/t31-/m1/s1. The van der Waals surface area contributed by atoms with E-state index < -0.39 is 10.0 Å². The van der Waals surface area contributed by atoms with E-state index in [1.165, 1.54) is 4.31 Å². The van der Waals surface area contributed by atoms with Gasteiger partial charge in [0.1, 0.15) is 5.75 Å². The molecule has 0 saturated carbocycles. The third-order valence-electron chi connectivity index (χ3n) is 7.39. The zero-order valence-corrected chi connectivity index (χ0v) is 24.3. The predicted octanol–water partition coefficient (Wildman–Crippen LogP) is 5.67. The Balaban J connectivity index is 1.36. The first-order chi connectivity index (χ1) is 19.8. The van der Waals surface area contributed by atoms with Crippen LogP contribution in [0.5, 0.6) is 5.75 Å². The zero-order valence-electron chi connectivity index (χ0n) is 23.4. The molecule has 0 bridgehead atoms. The highest BCUT2D eigenvalue weighted by atomic mass is 32.2. The van der Waals surface area contributed by atoms with E-state index in [4.69, 9.17) is 9.84 Å². The largest absolute Gasteiger partial charge is 0.497 e. The Morgan fingerprint density at radius 1 is 0.951 bits per heavy atom. The third kappa shape index (κ3) is 5.96. The fraction of sp³-hybridized carbons (Fsp3) is 0.250. The smallest absolute Gasteiger partial charge is 0.262 e. The summed E-state index contributed by atoms with van der Waals surface area (Å²) >= 11 is 0. The molecule has 1 aliphatic heterocycles. The monoisotopic (exact) mass is 570 g/mol. The van der Waals surface area contributed by atoms with Gasteiger partial charge in [-0.15, -0.1) is 0 Å². The normalized spacial score (nSPS) is 15.3. The molecule has 0 saturated heterocycles. The number of hydrazone groups is 1. The van der Waals surface area contributed by atoms with Gasteiger partial charge in [-0.2, -0.15) is 9.41 Å². The molecule has 1 aliphatic rings. The topological polar surface area (TPSA) is 91.3 Å². The fourth-order valence-corrected chi connectivity index (χ4v) is 6.54. The number of sulfonamides is 1. The van der Waals surface area contributed by atoms with E-state index >= 15 is 0 Å². The molecule has 5 rings (SSSR count). The lowest BCUT2D eigenvalue weighted by atomic mass is 9.97. The quantitative estimate of drug-likeness (QED) is 0.265. The van der Waals surface area contributed by atoms with Crippen molar-refractivity contribution in [3.63, 3.8) is 0 Å². The van der Waals surface area contributed by atoms with Crippen molar-refractivity contribution in [3.05, 3.63) is 102 Å². The molecule has 8 nitrogen and oxygen atoms in total. The summed E-state index contributed by atoms with van der Waals surface area (Å²) in [6.07, 6.45) is 0.578. The first-order valence-electron chi connectivity index (χ1n) is 13.7.